The number of nitriles is 1. The van der Waals surface area contributed by atoms with Gasteiger partial charge in [0.2, 0.25) is 0 Å². The third-order valence-electron chi connectivity index (χ3n) is 7.91. The van der Waals surface area contributed by atoms with E-state index in [9.17, 15) is 13.6 Å². The fourth-order valence-corrected chi connectivity index (χ4v) is 5.82. The molecule has 2 aliphatic heterocycles. The molecular formula is C32H29F2N5O. The van der Waals surface area contributed by atoms with Crippen LogP contribution in [0.5, 0.6) is 0 Å². The third-order valence-corrected chi connectivity index (χ3v) is 7.91. The topological polar surface area (TPSA) is 72.3 Å². The van der Waals surface area contributed by atoms with E-state index in [0.717, 1.165) is 61.4 Å². The van der Waals surface area contributed by atoms with Gasteiger partial charge in [0.05, 0.1) is 28.9 Å². The lowest BCUT2D eigenvalue weighted by atomic mass is 9.99. The number of fused-ring (bicyclic) bond motifs is 1. The maximum absolute atomic E-state index is 14.3. The zero-order valence-corrected chi connectivity index (χ0v) is 22.0. The number of aromatic nitrogens is 1. The van der Waals surface area contributed by atoms with Gasteiger partial charge in [-0.15, -0.1) is 0 Å². The van der Waals surface area contributed by atoms with Crippen LogP contribution in [0.4, 0.5) is 14.6 Å². The Morgan fingerprint density at radius 2 is 1.73 bits per heavy atom. The number of carbonyl (C=O) groups is 1. The molecule has 1 amide bonds. The summed E-state index contributed by atoms with van der Waals surface area (Å²) in [6, 6.07) is 20.5. The van der Waals surface area contributed by atoms with Gasteiger partial charge in [0.25, 0.3) is 5.91 Å². The largest absolute Gasteiger partial charge is 0.366 e. The summed E-state index contributed by atoms with van der Waals surface area (Å²) in [4.78, 5) is 23.3. The molecule has 0 bridgehead atoms. The zero-order valence-electron chi connectivity index (χ0n) is 22.0. The maximum atomic E-state index is 14.3. The van der Waals surface area contributed by atoms with Crippen LogP contribution in [0.2, 0.25) is 0 Å². The molecule has 6 nitrogen and oxygen atoms in total. The number of hydrogen-bond donors (Lipinski definition) is 1. The van der Waals surface area contributed by atoms with Crippen LogP contribution >= 0.6 is 0 Å². The Hall–Kier alpha value is -4.35. The van der Waals surface area contributed by atoms with Gasteiger partial charge in [-0.2, -0.15) is 5.26 Å². The Morgan fingerprint density at radius 3 is 2.48 bits per heavy atom. The number of benzene rings is 3. The molecule has 1 unspecified atom stereocenters. The van der Waals surface area contributed by atoms with E-state index in [1.54, 1.807) is 18.2 Å². The average Bonchev–Trinajstić information content (AvgIpc) is 3.68. The van der Waals surface area contributed by atoms with Crippen molar-refractivity contribution in [2.24, 2.45) is 0 Å². The minimum absolute atomic E-state index is 0.0465. The summed E-state index contributed by atoms with van der Waals surface area (Å²) < 4.78 is 27.7. The van der Waals surface area contributed by atoms with Gasteiger partial charge in [-0.1, -0.05) is 24.3 Å². The van der Waals surface area contributed by atoms with Crippen molar-refractivity contribution in [3.05, 3.63) is 95.1 Å². The average molecular weight is 538 g/mol. The van der Waals surface area contributed by atoms with Gasteiger partial charge < -0.3 is 10.2 Å². The fourth-order valence-electron chi connectivity index (χ4n) is 5.82. The molecule has 1 N–H and O–H groups in total. The van der Waals surface area contributed by atoms with Gasteiger partial charge in [0.1, 0.15) is 17.5 Å². The molecule has 0 spiro atoms. The minimum atomic E-state index is -0.637. The molecule has 8 heteroatoms. The SMILES string of the molecule is N#Cc1ccc(-c2ccc3nc(NCc4ccc(F)cc4F)cc(C(=O)N4CCCC4N4CCCC4)c3c2)cc1. The number of rotatable bonds is 6. The predicted octanol–water partition coefficient (Wildman–Crippen LogP) is 6.32. The monoisotopic (exact) mass is 537 g/mol. The highest BCUT2D eigenvalue weighted by Gasteiger charge is 2.35. The van der Waals surface area contributed by atoms with Crippen molar-refractivity contribution in [1.82, 2.24) is 14.8 Å². The van der Waals surface area contributed by atoms with Crippen molar-refractivity contribution in [2.75, 3.05) is 25.0 Å². The van der Waals surface area contributed by atoms with E-state index in [1.165, 1.54) is 12.1 Å². The van der Waals surface area contributed by atoms with Crippen molar-refractivity contribution in [3.63, 3.8) is 0 Å². The molecule has 0 radical (unpaired) electrons. The van der Waals surface area contributed by atoms with E-state index in [4.69, 9.17) is 10.2 Å². The summed E-state index contributed by atoms with van der Waals surface area (Å²) in [5.41, 5.74) is 3.91. The molecule has 40 heavy (non-hydrogen) atoms. The Kier molecular flexibility index (Phi) is 7.14. The maximum Gasteiger partial charge on any atom is 0.255 e. The number of amides is 1. The van der Waals surface area contributed by atoms with Crippen LogP contribution in [-0.4, -0.2) is 46.5 Å². The van der Waals surface area contributed by atoms with Crippen LogP contribution in [-0.2, 0) is 6.54 Å². The van der Waals surface area contributed by atoms with Crippen molar-refractivity contribution in [1.29, 1.82) is 5.26 Å². The summed E-state index contributed by atoms with van der Waals surface area (Å²) >= 11 is 0. The lowest BCUT2D eigenvalue weighted by Crippen LogP contribution is -2.46. The van der Waals surface area contributed by atoms with Crippen LogP contribution in [0.1, 0.15) is 47.2 Å². The van der Waals surface area contributed by atoms with E-state index >= 15 is 0 Å². The summed E-state index contributed by atoms with van der Waals surface area (Å²) in [5, 5.41) is 13.0. The van der Waals surface area contributed by atoms with Crippen LogP contribution in [0.25, 0.3) is 22.0 Å². The van der Waals surface area contributed by atoms with Crippen molar-refractivity contribution < 1.29 is 13.6 Å². The highest BCUT2D eigenvalue weighted by molar-refractivity contribution is 6.08. The lowest BCUT2D eigenvalue weighted by Gasteiger charge is -2.32. The van der Waals surface area contributed by atoms with Gasteiger partial charge in [-0.3, -0.25) is 9.69 Å². The fraction of sp³-hybridized carbons (Fsp3) is 0.281. The van der Waals surface area contributed by atoms with E-state index in [-0.39, 0.29) is 18.6 Å². The van der Waals surface area contributed by atoms with Gasteiger partial charge >= 0.3 is 0 Å². The summed E-state index contributed by atoms with van der Waals surface area (Å²) in [5.74, 6) is -0.867. The van der Waals surface area contributed by atoms with Crippen LogP contribution in [0.15, 0.2) is 66.7 Å². The molecule has 2 fully saturated rings. The van der Waals surface area contributed by atoms with Gasteiger partial charge in [0, 0.05) is 43.2 Å². The molecule has 4 aromatic rings. The number of nitrogens with one attached hydrogen (secondary N) is 1. The molecule has 202 valence electrons. The number of carbonyl (C=O) groups excluding carboxylic acids is 1. The van der Waals surface area contributed by atoms with E-state index in [2.05, 4.69) is 16.3 Å². The number of halogens is 2. The van der Waals surface area contributed by atoms with E-state index in [0.29, 0.717) is 34.6 Å². The first-order chi connectivity index (χ1) is 19.5. The Balaban J connectivity index is 1.39. The quantitative estimate of drug-likeness (QED) is 0.312. The first-order valence-corrected chi connectivity index (χ1v) is 13.7. The molecule has 0 saturated carbocycles. The van der Waals surface area contributed by atoms with Gasteiger partial charge in [-0.25, -0.2) is 13.8 Å². The number of likely N-dealkylation sites (tertiary alicyclic amines) is 2. The predicted molar refractivity (Wildman–Crippen MR) is 150 cm³/mol. The van der Waals surface area contributed by atoms with Gasteiger partial charge in [-0.05, 0) is 73.2 Å². The molecule has 2 saturated heterocycles. The lowest BCUT2D eigenvalue weighted by molar-refractivity contribution is 0.0533. The summed E-state index contributed by atoms with van der Waals surface area (Å²) in [6.45, 7) is 2.80. The number of pyridine rings is 1. The molecule has 2 aliphatic rings. The summed E-state index contributed by atoms with van der Waals surface area (Å²) in [7, 11) is 0. The van der Waals surface area contributed by atoms with Crippen molar-refractivity contribution >= 4 is 22.6 Å². The molecule has 3 heterocycles. The highest BCUT2D eigenvalue weighted by Crippen LogP contribution is 2.32. The van der Waals surface area contributed by atoms with Gasteiger partial charge in [0.15, 0.2) is 0 Å². The standard InChI is InChI=1S/C32H29F2N5O/c33-25-11-9-24(28(34)17-25)20-36-30-18-27(32(40)39-15-3-4-31(39)38-13-1-2-14-38)26-16-23(10-12-29(26)37-30)22-7-5-21(19-35)6-8-22/h5-12,16-18,31H,1-4,13-15,20H2,(H,36,37). The highest BCUT2D eigenvalue weighted by atomic mass is 19.1. The number of hydrogen-bond acceptors (Lipinski definition) is 5. The molecule has 3 aromatic carbocycles. The van der Waals surface area contributed by atoms with Crippen LogP contribution in [0, 0.1) is 23.0 Å². The molecular weight excluding hydrogens is 508 g/mol. The van der Waals surface area contributed by atoms with Crippen LogP contribution < -0.4 is 5.32 Å². The second-order valence-electron chi connectivity index (χ2n) is 10.4. The Morgan fingerprint density at radius 1 is 0.950 bits per heavy atom. The smallest absolute Gasteiger partial charge is 0.255 e. The number of nitrogens with zero attached hydrogens (tertiary/aromatic N) is 4. The molecule has 0 aliphatic carbocycles. The van der Waals surface area contributed by atoms with Crippen molar-refractivity contribution in [2.45, 2.75) is 38.4 Å². The second-order valence-corrected chi connectivity index (χ2v) is 10.4. The van der Waals surface area contributed by atoms with E-state index in [1.807, 2.05) is 35.2 Å². The minimum Gasteiger partial charge on any atom is -0.366 e. The molecule has 1 aromatic heterocycles. The normalized spacial score (nSPS) is 17.3. The summed E-state index contributed by atoms with van der Waals surface area (Å²) in [6.07, 6.45) is 4.31. The molecule has 6 rings (SSSR count). The first kappa shape index (κ1) is 25.9. The van der Waals surface area contributed by atoms with Crippen molar-refractivity contribution in [3.8, 4) is 17.2 Å². The van der Waals surface area contributed by atoms with Crippen LogP contribution in [0.3, 0.4) is 0 Å². The Labute approximate surface area is 231 Å². The zero-order chi connectivity index (χ0) is 27.6. The number of anilines is 1. The Bertz CT molecular complexity index is 1610. The molecule has 1 atom stereocenters. The van der Waals surface area contributed by atoms with E-state index < -0.39 is 11.6 Å². The first-order valence-electron chi connectivity index (χ1n) is 13.7. The third kappa shape index (κ3) is 5.13. The second kappa shape index (κ2) is 11.0.